The maximum absolute atomic E-state index is 11.4. The van der Waals surface area contributed by atoms with Crippen molar-refractivity contribution in [3.63, 3.8) is 0 Å². The molecule has 0 fully saturated rings. The molecule has 3 rings (SSSR count). The summed E-state index contributed by atoms with van der Waals surface area (Å²) in [5.41, 5.74) is 4.75. The molecule has 0 bridgehead atoms. The van der Waals surface area contributed by atoms with Crippen LogP contribution in [0.15, 0.2) is 60.8 Å². The first-order valence-corrected chi connectivity index (χ1v) is 15.3. The molecule has 0 saturated carbocycles. The summed E-state index contributed by atoms with van der Waals surface area (Å²) in [6.07, 6.45) is 6.33. The molecular weight excluding hydrogens is 452 g/mol. The van der Waals surface area contributed by atoms with Crippen LogP contribution in [0.25, 0.3) is 17.0 Å². The minimum Gasteiger partial charge on any atom is -0.466 e. The van der Waals surface area contributed by atoms with Gasteiger partial charge in [0.25, 0.3) is 0 Å². The third-order valence-electron chi connectivity index (χ3n) is 7.05. The standard InChI is InChI=1S/C29H40N2O3Si/c1-29(2,3)35(5,6)34-20-19-31(18-17-25-21-30-27-10-8-7-9-26(25)27)22-24-13-11-23(12-14-24)15-16-28(32)33-4/h7-16,21,30H,17-20,22H2,1-6H3/b16-15+. The fourth-order valence-electron chi connectivity index (χ4n) is 3.76. The zero-order valence-corrected chi connectivity index (χ0v) is 23.1. The fraction of sp³-hybridized carbons (Fsp3) is 0.414. The van der Waals surface area contributed by atoms with Crippen LogP contribution in [0.2, 0.25) is 18.1 Å². The molecular formula is C29H40N2O3Si. The van der Waals surface area contributed by atoms with Crippen molar-refractivity contribution in [1.82, 2.24) is 9.88 Å². The molecule has 0 radical (unpaired) electrons. The number of methoxy groups -OCH3 is 1. The maximum Gasteiger partial charge on any atom is 0.330 e. The van der Waals surface area contributed by atoms with Gasteiger partial charge in [-0.15, -0.1) is 0 Å². The summed E-state index contributed by atoms with van der Waals surface area (Å²) in [5.74, 6) is -0.348. The van der Waals surface area contributed by atoms with Crippen LogP contribution in [0.1, 0.15) is 37.5 Å². The fourth-order valence-corrected chi connectivity index (χ4v) is 4.79. The molecule has 3 aromatic rings. The lowest BCUT2D eigenvalue weighted by Gasteiger charge is -2.37. The zero-order chi connectivity index (χ0) is 25.5. The van der Waals surface area contributed by atoms with Crippen molar-refractivity contribution in [3.05, 3.63) is 77.5 Å². The number of aromatic amines is 1. The van der Waals surface area contributed by atoms with E-state index in [1.807, 2.05) is 12.1 Å². The molecule has 0 unspecified atom stereocenters. The van der Waals surface area contributed by atoms with E-state index in [1.165, 1.54) is 35.2 Å². The van der Waals surface area contributed by atoms with Crippen LogP contribution in [-0.4, -0.2) is 51.0 Å². The molecule has 188 valence electrons. The lowest BCUT2D eigenvalue weighted by molar-refractivity contribution is -0.134. The number of hydrogen-bond acceptors (Lipinski definition) is 4. The van der Waals surface area contributed by atoms with Gasteiger partial charge in [0, 0.05) is 49.4 Å². The Balaban J connectivity index is 1.68. The molecule has 1 N–H and O–H groups in total. The lowest BCUT2D eigenvalue weighted by Crippen LogP contribution is -2.43. The van der Waals surface area contributed by atoms with Crippen LogP contribution in [0.5, 0.6) is 0 Å². The number of carbonyl (C=O) groups is 1. The number of nitrogens with zero attached hydrogens (tertiary/aromatic N) is 1. The Morgan fingerprint density at radius 1 is 1.06 bits per heavy atom. The first-order valence-electron chi connectivity index (χ1n) is 12.4. The molecule has 35 heavy (non-hydrogen) atoms. The van der Waals surface area contributed by atoms with E-state index in [4.69, 9.17) is 4.43 Å². The second-order valence-corrected chi connectivity index (χ2v) is 15.4. The molecule has 1 heterocycles. The Morgan fingerprint density at radius 3 is 2.46 bits per heavy atom. The van der Waals surface area contributed by atoms with Crippen molar-refractivity contribution in [2.24, 2.45) is 0 Å². The van der Waals surface area contributed by atoms with E-state index >= 15 is 0 Å². The van der Waals surface area contributed by atoms with Crippen molar-refractivity contribution in [1.29, 1.82) is 0 Å². The topological polar surface area (TPSA) is 54.6 Å². The number of ether oxygens (including phenoxy) is 1. The van der Waals surface area contributed by atoms with Crippen LogP contribution in [0.3, 0.4) is 0 Å². The summed E-state index contributed by atoms with van der Waals surface area (Å²) in [4.78, 5) is 17.2. The average Bonchev–Trinajstić information content (AvgIpc) is 3.24. The largest absolute Gasteiger partial charge is 0.466 e. The first-order chi connectivity index (χ1) is 16.6. The molecule has 0 aliphatic carbocycles. The number of fused-ring (bicyclic) bond motifs is 1. The quantitative estimate of drug-likeness (QED) is 0.191. The van der Waals surface area contributed by atoms with Crippen molar-refractivity contribution < 1.29 is 14.0 Å². The number of H-pyrrole nitrogens is 1. The normalized spacial score (nSPS) is 12.7. The number of nitrogens with one attached hydrogen (secondary N) is 1. The van der Waals surface area contributed by atoms with Crippen molar-refractivity contribution in [2.75, 3.05) is 26.8 Å². The molecule has 0 aliphatic rings. The van der Waals surface area contributed by atoms with Gasteiger partial charge in [-0.05, 0) is 53.4 Å². The summed E-state index contributed by atoms with van der Waals surface area (Å²) >= 11 is 0. The Hall–Kier alpha value is -2.67. The van der Waals surface area contributed by atoms with E-state index in [1.54, 1.807) is 6.08 Å². The summed E-state index contributed by atoms with van der Waals surface area (Å²) in [7, 11) is -0.398. The van der Waals surface area contributed by atoms with Gasteiger partial charge in [-0.2, -0.15) is 0 Å². The highest BCUT2D eigenvalue weighted by molar-refractivity contribution is 6.74. The highest BCUT2D eigenvalue weighted by Crippen LogP contribution is 2.36. The van der Waals surface area contributed by atoms with Gasteiger partial charge in [0.1, 0.15) is 0 Å². The van der Waals surface area contributed by atoms with Gasteiger partial charge in [-0.25, -0.2) is 4.79 Å². The Morgan fingerprint density at radius 2 is 1.77 bits per heavy atom. The number of esters is 1. The summed E-state index contributed by atoms with van der Waals surface area (Å²) in [5, 5.41) is 1.50. The van der Waals surface area contributed by atoms with Gasteiger partial charge in [0.05, 0.1) is 7.11 Å². The Labute approximate surface area is 211 Å². The molecule has 0 spiro atoms. The number of rotatable bonds is 11. The highest BCUT2D eigenvalue weighted by Gasteiger charge is 2.37. The number of para-hydroxylation sites is 1. The van der Waals surface area contributed by atoms with E-state index in [0.717, 1.165) is 38.2 Å². The van der Waals surface area contributed by atoms with E-state index in [0.29, 0.717) is 0 Å². The minimum atomic E-state index is -1.78. The van der Waals surface area contributed by atoms with Gasteiger partial charge in [-0.3, -0.25) is 4.90 Å². The van der Waals surface area contributed by atoms with Gasteiger partial charge < -0.3 is 14.1 Å². The maximum atomic E-state index is 11.4. The highest BCUT2D eigenvalue weighted by atomic mass is 28.4. The zero-order valence-electron chi connectivity index (χ0n) is 22.1. The third kappa shape index (κ3) is 7.66. The van der Waals surface area contributed by atoms with Crippen molar-refractivity contribution in [2.45, 2.75) is 51.9 Å². The molecule has 0 atom stereocenters. The smallest absolute Gasteiger partial charge is 0.330 e. The summed E-state index contributed by atoms with van der Waals surface area (Å²) in [6.45, 7) is 14.9. The molecule has 1 aromatic heterocycles. The van der Waals surface area contributed by atoms with Crippen LogP contribution in [-0.2, 0) is 26.9 Å². The van der Waals surface area contributed by atoms with Crippen molar-refractivity contribution >= 4 is 31.3 Å². The Bertz CT molecular complexity index is 1130. The SMILES string of the molecule is COC(=O)/C=C/c1ccc(CN(CCO[Si](C)(C)C(C)(C)C)CCc2c[nH]c3ccccc23)cc1. The molecule has 2 aromatic carbocycles. The van der Waals surface area contributed by atoms with Gasteiger partial charge in [0.15, 0.2) is 8.32 Å². The van der Waals surface area contributed by atoms with Gasteiger partial charge in [-0.1, -0.05) is 63.2 Å². The van der Waals surface area contributed by atoms with Crippen molar-refractivity contribution in [3.8, 4) is 0 Å². The van der Waals surface area contributed by atoms with E-state index < -0.39 is 8.32 Å². The Kier molecular flexibility index (Phi) is 9.11. The molecule has 6 heteroatoms. The second-order valence-electron chi connectivity index (χ2n) is 10.6. The number of carbonyl (C=O) groups excluding carboxylic acids is 1. The van der Waals surface area contributed by atoms with E-state index in [2.05, 4.69) is 91.1 Å². The average molecular weight is 493 g/mol. The molecule has 0 saturated heterocycles. The van der Waals surface area contributed by atoms with Crippen LogP contribution >= 0.6 is 0 Å². The van der Waals surface area contributed by atoms with Crippen LogP contribution in [0, 0.1) is 0 Å². The molecule has 0 aliphatic heterocycles. The predicted octanol–water partition coefficient (Wildman–Crippen LogP) is 6.42. The number of hydrogen-bond donors (Lipinski definition) is 1. The summed E-state index contributed by atoms with van der Waals surface area (Å²) < 4.78 is 11.2. The van der Waals surface area contributed by atoms with Crippen LogP contribution < -0.4 is 0 Å². The number of aromatic nitrogens is 1. The third-order valence-corrected chi connectivity index (χ3v) is 11.6. The van der Waals surface area contributed by atoms with Crippen LogP contribution in [0.4, 0.5) is 0 Å². The summed E-state index contributed by atoms with van der Waals surface area (Å²) in [6, 6.07) is 16.8. The molecule has 5 nitrogen and oxygen atoms in total. The molecule has 0 amide bonds. The lowest BCUT2D eigenvalue weighted by atomic mass is 10.1. The predicted molar refractivity (Wildman–Crippen MR) is 148 cm³/mol. The minimum absolute atomic E-state index is 0.204. The van der Waals surface area contributed by atoms with E-state index in [9.17, 15) is 4.79 Å². The van der Waals surface area contributed by atoms with Gasteiger partial charge in [0.2, 0.25) is 0 Å². The second kappa shape index (κ2) is 11.8. The van der Waals surface area contributed by atoms with Gasteiger partial charge >= 0.3 is 5.97 Å². The van der Waals surface area contributed by atoms with E-state index in [-0.39, 0.29) is 11.0 Å². The monoisotopic (exact) mass is 492 g/mol. The first kappa shape index (κ1) is 26.9. The number of benzene rings is 2.